The van der Waals surface area contributed by atoms with Crippen LogP contribution in [0.5, 0.6) is 5.75 Å². The molecule has 0 aliphatic rings. The van der Waals surface area contributed by atoms with Crippen molar-refractivity contribution < 1.29 is 14.1 Å². The van der Waals surface area contributed by atoms with Gasteiger partial charge in [-0.1, -0.05) is 18.2 Å². The first-order chi connectivity index (χ1) is 14.0. The molecule has 0 fully saturated rings. The summed E-state index contributed by atoms with van der Waals surface area (Å²) in [6, 6.07) is 19.4. The third-order valence-corrected chi connectivity index (χ3v) is 4.70. The van der Waals surface area contributed by atoms with Crippen LogP contribution >= 0.6 is 15.9 Å². The summed E-state index contributed by atoms with van der Waals surface area (Å²) < 4.78 is 19.4. The maximum atomic E-state index is 13.0. The summed E-state index contributed by atoms with van der Waals surface area (Å²) in [6.07, 6.45) is 1.69. The third-order valence-electron chi connectivity index (χ3n) is 4.08. The zero-order chi connectivity index (χ0) is 20.8. The van der Waals surface area contributed by atoms with Gasteiger partial charge in [-0.25, -0.2) is 4.39 Å². The molecule has 0 aliphatic heterocycles. The minimum atomic E-state index is -0.485. The Kier molecular flexibility index (Phi) is 6.37. The van der Waals surface area contributed by atoms with Crippen LogP contribution in [0, 0.1) is 27.3 Å². The predicted octanol–water partition coefficient (Wildman–Crippen LogP) is 6.14. The van der Waals surface area contributed by atoms with Crippen molar-refractivity contribution in [1.29, 1.82) is 5.26 Å². The van der Waals surface area contributed by atoms with Crippen LogP contribution in [0.3, 0.4) is 0 Å². The Hall–Kier alpha value is -3.50. The van der Waals surface area contributed by atoms with E-state index in [1.807, 2.05) is 6.07 Å². The minimum Gasteiger partial charge on any atom is -0.488 e. The SMILES string of the molecule is N#C/C(=C/c1ccc(OCc2ccc(F)cc2)c(Br)c1)c1ccc([N+](=O)[O-])cc1. The van der Waals surface area contributed by atoms with E-state index in [-0.39, 0.29) is 11.5 Å². The molecule has 0 bridgehead atoms. The average molecular weight is 453 g/mol. The van der Waals surface area contributed by atoms with Gasteiger partial charge in [-0.3, -0.25) is 10.1 Å². The van der Waals surface area contributed by atoms with Gasteiger partial charge in [0.05, 0.1) is 21.0 Å². The lowest BCUT2D eigenvalue weighted by atomic mass is 10.0. The second-order valence-corrected chi connectivity index (χ2v) is 6.93. The number of nitriles is 1. The number of nitro benzene ring substituents is 1. The van der Waals surface area contributed by atoms with E-state index in [9.17, 15) is 19.8 Å². The first-order valence-electron chi connectivity index (χ1n) is 8.49. The molecular weight excluding hydrogens is 439 g/mol. The molecule has 0 aliphatic carbocycles. The molecule has 0 heterocycles. The summed E-state index contributed by atoms with van der Waals surface area (Å²) in [4.78, 5) is 10.3. The van der Waals surface area contributed by atoms with Gasteiger partial charge < -0.3 is 4.74 Å². The van der Waals surface area contributed by atoms with Gasteiger partial charge in [-0.15, -0.1) is 0 Å². The molecule has 29 heavy (non-hydrogen) atoms. The molecule has 0 radical (unpaired) electrons. The number of nitrogens with zero attached hydrogens (tertiary/aromatic N) is 2. The number of hydrogen-bond acceptors (Lipinski definition) is 4. The van der Waals surface area contributed by atoms with Crippen molar-refractivity contribution in [1.82, 2.24) is 0 Å². The number of non-ortho nitro benzene ring substituents is 1. The predicted molar refractivity (Wildman–Crippen MR) is 111 cm³/mol. The highest BCUT2D eigenvalue weighted by Crippen LogP contribution is 2.29. The van der Waals surface area contributed by atoms with Gasteiger partial charge in [0, 0.05) is 12.1 Å². The van der Waals surface area contributed by atoms with Gasteiger partial charge >= 0.3 is 0 Å². The number of benzene rings is 3. The molecule has 144 valence electrons. The largest absolute Gasteiger partial charge is 0.488 e. The highest BCUT2D eigenvalue weighted by atomic mass is 79.9. The number of ether oxygens (including phenoxy) is 1. The fourth-order valence-electron chi connectivity index (χ4n) is 2.58. The zero-order valence-corrected chi connectivity index (χ0v) is 16.6. The minimum absolute atomic E-state index is 0.0311. The van der Waals surface area contributed by atoms with Crippen LogP contribution < -0.4 is 4.74 Å². The summed E-state index contributed by atoms with van der Waals surface area (Å²) in [5.41, 5.74) is 2.54. The second-order valence-electron chi connectivity index (χ2n) is 6.08. The Morgan fingerprint density at radius 1 is 1.14 bits per heavy atom. The molecule has 0 amide bonds. The molecule has 3 aromatic rings. The van der Waals surface area contributed by atoms with Gasteiger partial charge in [0.2, 0.25) is 0 Å². The van der Waals surface area contributed by atoms with Crippen molar-refractivity contribution in [2.75, 3.05) is 0 Å². The highest BCUT2D eigenvalue weighted by Gasteiger charge is 2.08. The van der Waals surface area contributed by atoms with E-state index in [0.717, 1.165) is 11.1 Å². The maximum absolute atomic E-state index is 13.0. The van der Waals surface area contributed by atoms with E-state index < -0.39 is 4.92 Å². The van der Waals surface area contributed by atoms with Crippen molar-refractivity contribution in [3.8, 4) is 11.8 Å². The molecule has 0 saturated carbocycles. The van der Waals surface area contributed by atoms with Crippen LogP contribution in [0.1, 0.15) is 16.7 Å². The van der Waals surface area contributed by atoms with Gasteiger partial charge in [-0.2, -0.15) is 5.26 Å². The van der Waals surface area contributed by atoms with Gasteiger partial charge in [0.1, 0.15) is 18.2 Å². The Bertz CT molecular complexity index is 1100. The van der Waals surface area contributed by atoms with Crippen molar-refractivity contribution in [3.05, 3.63) is 104 Å². The summed E-state index contributed by atoms with van der Waals surface area (Å²) in [6.45, 7) is 0.292. The van der Waals surface area contributed by atoms with Crippen LogP contribution in [0.25, 0.3) is 11.6 Å². The second kappa shape index (κ2) is 9.13. The van der Waals surface area contributed by atoms with Crippen LogP contribution in [-0.2, 0) is 6.61 Å². The fourth-order valence-corrected chi connectivity index (χ4v) is 3.09. The smallest absolute Gasteiger partial charge is 0.269 e. The Morgan fingerprint density at radius 3 is 2.41 bits per heavy atom. The van der Waals surface area contributed by atoms with Gasteiger partial charge in [-0.05, 0) is 75.1 Å². The van der Waals surface area contributed by atoms with Crippen LogP contribution in [0.15, 0.2) is 71.2 Å². The van der Waals surface area contributed by atoms with E-state index in [0.29, 0.717) is 28.0 Å². The molecule has 3 aromatic carbocycles. The van der Waals surface area contributed by atoms with E-state index in [1.165, 1.54) is 24.3 Å². The molecule has 5 nitrogen and oxygen atoms in total. The third kappa shape index (κ3) is 5.27. The molecule has 0 atom stereocenters. The fraction of sp³-hybridized carbons (Fsp3) is 0.0455. The first kappa shape index (κ1) is 20.2. The zero-order valence-electron chi connectivity index (χ0n) is 15.0. The summed E-state index contributed by atoms with van der Waals surface area (Å²) in [7, 11) is 0. The van der Waals surface area contributed by atoms with E-state index >= 15 is 0 Å². The van der Waals surface area contributed by atoms with E-state index in [1.54, 1.807) is 42.5 Å². The van der Waals surface area contributed by atoms with E-state index in [2.05, 4.69) is 22.0 Å². The molecular formula is C22H14BrFN2O3. The molecule has 7 heteroatoms. The Morgan fingerprint density at radius 2 is 1.83 bits per heavy atom. The van der Waals surface area contributed by atoms with Crippen LogP contribution in [0.4, 0.5) is 10.1 Å². The van der Waals surface area contributed by atoms with Gasteiger partial charge in [0.25, 0.3) is 5.69 Å². The van der Waals surface area contributed by atoms with Crippen LogP contribution in [-0.4, -0.2) is 4.92 Å². The molecule has 0 unspecified atom stereocenters. The molecule has 0 N–H and O–H groups in total. The lowest BCUT2D eigenvalue weighted by Gasteiger charge is -2.09. The topological polar surface area (TPSA) is 76.2 Å². The van der Waals surface area contributed by atoms with Crippen molar-refractivity contribution in [3.63, 3.8) is 0 Å². The quantitative estimate of drug-likeness (QED) is 0.195. The standard InChI is InChI=1S/C22H14BrFN2O3/c23-21-12-16(3-10-22(21)29-14-15-1-6-19(24)7-2-15)11-18(13-25)17-4-8-20(9-5-17)26(27)28/h1-12H,14H2/b18-11-. The van der Waals surface area contributed by atoms with E-state index in [4.69, 9.17) is 4.74 Å². The lowest BCUT2D eigenvalue weighted by Crippen LogP contribution is -1.96. The highest BCUT2D eigenvalue weighted by molar-refractivity contribution is 9.10. The van der Waals surface area contributed by atoms with Crippen molar-refractivity contribution in [2.24, 2.45) is 0 Å². The molecule has 0 aromatic heterocycles. The summed E-state index contributed by atoms with van der Waals surface area (Å²) in [5, 5.41) is 20.2. The number of halogens is 2. The molecule has 3 rings (SSSR count). The molecule has 0 saturated heterocycles. The van der Waals surface area contributed by atoms with Crippen LogP contribution in [0.2, 0.25) is 0 Å². The Labute approximate surface area is 175 Å². The number of rotatable bonds is 6. The average Bonchev–Trinajstić information content (AvgIpc) is 2.72. The molecule has 0 spiro atoms. The maximum Gasteiger partial charge on any atom is 0.269 e. The summed E-state index contributed by atoms with van der Waals surface area (Å²) >= 11 is 3.45. The first-order valence-corrected chi connectivity index (χ1v) is 9.29. The number of allylic oxidation sites excluding steroid dienone is 1. The summed E-state index contributed by atoms with van der Waals surface area (Å²) in [5.74, 6) is 0.313. The van der Waals surface area contributed by atoms with Crippen molar-refractivity contribution >= 4 is 33.3 Å². The Balaban J connectivity index is 1.76. The van der Waals surface area contributed by atoms with Gasteiger partial charge in [0.15, 0.2) is 0 Å². The normalized spacial score (nSPS) is 11.0. The lowest BCUT2D eigenvalue weighted by molar-refractivity contribution is -0.384. The van der Waals surface area contributed by atoms with Crippen molar-refractivity contribution in [2.45, 2.75) is 6.61 Å². The monoisotopic (exact) mass is 452 g/mol. The number of hydrogen-bond donors (Lipinski definition) is 0. The number of nitro groups is 1.